The van der Waals surface area contributed by atoms with Crippen LogP contribution in [0.5, 0.6) is 5.75 Å². The number of hydrogen-bond acceptors (Lipinski definition) is 4. The summed E-state index contributed by atoms with van der Waals surface area (Å²) >= 11 is 0. The molecule has 6 nitrogen and oxygen atoms in total. The van der Waals surface area contributed by atoms with E-state index in [1.807, 2.05) is 36.4 Å². The molecule has 1 aliphatic rings. The van der Waals surface area contributed by atoms with Crippen LogP contribution in [-0.2, 0) is 6.42 Å². The van der Waals surface area contributed by atoms with Crippen LogP contribution in [0.2, 0.25) is 0 Å². The van der Waals surface area contributed by atoms with Gasteiger partial charge in [-0.25, -0.2) is 9.67 Å². The van der Waals surface area contributed by atoms with E-state index in [-0.39, 0.29) is 17.7 Å². The number of hydrogen-bond donors (Lipinski definition) is 1. The van der Waals surface area contributed by atoms with Gasteiger partial charge in [0.05, 0.1) is 24.1 Å². The van der Waals surface area contributed by atoms with E-state index in [1.54, 1.807) is 17.1 Å². The van der Waals surface area contributed by atoms with Crippen LogP contribution < -0.4 is 10.1 Å². The highest BCUT2D eigenvalue weighted by Crippen LogP contribution is 2.27. The minimum Gasteiger partial charge on any atom is -0.493 e. The average molecular weight is 376 g/mol. The third-order valence-electron chi connectivity index (χ3n) is 4.97. The van der Waals surface area contributed by atoms with Gasteiger partial charge in [0.1, 0.15) is 5.75 Å². The van der Waals surface area contributed by atoms with Gasteiger partial charge in [-0.15, -0.1) is 0 Å². The molecule has 0 fully saturated rings. The van der Waals surface area contributed by atoms with Crippen LogP contribution in [0.4, 0.5) is 0 Å². The fourth-order valence-electron chi connectivity index (χ4n) is 3.60. The highest BCUT2D eigenvalue weighted by Gasteiger charge is 2.24. The summed E-state index contributed by atoms with van der Waals surface area (Å²) in [6, 6.07) is 13.7. The predicted molar refractivity (Wildman–Crippen MR) is 107 cm³/mol. The van der Waals surface area contributed by atoms with Gasteiger partial charge < -0.3 is 10.1 Å². The van der Waals surface area contributed by atoms with E-state index in [1.165, 1.54) is 5.56 Å². The maximum absolute atomic E-state index is 12.9. The Bertz CT molecular complexity index is 966. The maximum atomic E-state index is 12.9. The van der Waals surface area contributed by atoms with Gasteiger partial charge in [-0.05, 0) is 36.1 Å². The summed E-state index contributed by atoms with van der Waals surface area (Å²) < 4.78 is 7.57. The van der Waals surface area contributed by atoms with Crippen molar-refractivity contribution in [2.45, 2.75) is 26.2 Å². The lowest BCUT2D eigenvalue weighted by Crippen LogP contribution is -2.35. The summed E-state index contributed by atoms with van der Waals surface area (Å²) in [6.45, 7) is 5.29. The second-order valence-corrected chi connectivity index (χ2v) is 7.40. The Morgan fingerprint density at radius 3 is 2.86 bits per heavy atom. The van der Waals surface area contributed by atoms with Gasteiger partial charge >= 0.3 is 0 Å². The van der Waals surface area contributed by atoms with Crippen molar-refractivity contribution < 1.29 is 9.53 Å². The van der Waals surface area contributed by atoms with Crippen molar-refractivity contribution in [2.75, 3.05) is 13.2 Å². The van der Waals surface area contributed by atoms with E-state index in [0.29, 0.717) is 24.5 Å². The van der Waals surface area contributed by atoms with E-state index in [0.717, 1.165) is 17.9 Å². The molecule has 1 N–H and O–H groups in total. The number of nitrogens with zero attached hydrogens (tertiary/aromatic N) is 3. The predicted octanol–water partition coefficient (Wildman–Crippen LogP) is 3.37. The van der Waals surface area contributed by atoms with Crippen LogP contribution in [0.3, 0.4) is 0 Å². The molecule has 4 rings (SSSR count). The number of carbonyl (C=O) groups is 1. The van der Waals surface area contributed by atoms with Crippen LogP contribution >= 0.6 is 0 Å². The summed E-state index contributed by atoms with van der Waals surface area (Å²) in [4.78, 5) is 17.2. The van der Waals surface area contributed by atoms with Crippen LogP contribution in [0.1, 0.15) is 41.4 Å². The van der Waals surface area contributed by atoms with Gasteiger partial charge in [-0.3, -0.25) is 4.79 Å². The number of benzene rings is 1. The fraction of sp³-hybridized carbons (Fsp3) is 0.318. The van der Waals surface area contributed by atoms with Crippen molar-refractivity contribution in [3.63, 3.8) is 0 Å². The first kappa shape index (κ1) is 18.2. The maximum Gasteiger partial charge on any atom is 0.254 e. The molecule has 3 heterocycles. The first-order chi connectivity index (χ1) is 13.6. The van der Waals surface area contributed by atoms with Crippen molar-refractivity contribution in [2.24, 2.45) is 5.92 Å². The second kappa shape index (κ2) is 7.84. The number of para-hydroxylation sites is 1. The van der Waals surface area contributed by atoms with Gasteiger partial charge in [0.25, 0.3) is 5.91 Å². The summed E-state index contributed by atoms with van der Waals surface area (Å²) in [5.74, 6) is 1.94. The van der Waals surface area contributed by atoms with Gasteiger partial charge in [-0.1, -0.05) is 38.1 Å². The van der Waals surface area contributed by atoms with Crippen LogP contribution in [0, 0.1) is 5.92 Å². The number of pyridine rings is 1. The van der Waals surface area contributed by atoms with Gasteiger partial charge in [0, 0.05) is 18.7 Å². The first-order valence-corrected chi connectivity index (χ1v) is 9.61. The molecule has 3 aromatic rings. The largest absolute Gasteiger partial charge is 0.493 e. The number of carbonyl (C=O) groups excluding carboxylic acids is 1. The topological polar surface area (TPSA) is 69.0 Å². The molecule has 0 spiro atoms. The molecule has 0 bridgehead atoms. The summed E-state index contributed by atoms with van der Waals surface area (Å²) in [5.41, 5.74) is 2.65. The lowest BCUT2D eigenvalue weighted by molar-refractivity contribution is 0.0937. The average Bonchev–Trinajstić information content (AvgIpc) is 3.18. The molecule has 6 heteroatoms. The number of nitrogens with one attached hydrogen (secondary N) is 1. The highest BCUT2D eigenvalue weighted by atomic mass is 16.5. The molecule has 2 aromatic heterocycles. The zero-order valence-corrected chi connectivity index (χ0v) is 16.1. The summed E-state index contributed by atoms with van der Waals surface area (Å²) in [7, 11) is 0. The zero-order valence-electron chi connectivity index (χ0n) is 16.1. The van der Waals surface area contributed by atoms with Crippen LogP contribution in [0.25, 0.3) is 5.82 Å². The van der Waals surface area contributed by atoms with Crippen LogP contribution in [0.15, 0.2) is 54.9 Å². The molecule has 1 amide bonds. The fourth-order valence-corrected chi connectivity index (χ4v) is 3.60. The van der Waals surface area contributed by atoms with E-state index < -0.39 is 0 Å². The molecule has 0 saturated carbocycles. The van der Waals surface area contributed by atoms with Crippen molar-refractivity contribution in [1.82, 2.24) is 20.1 Å². The molecule has 0 unspecified atom stereocenters. The second-order valence-electron chi connectivity index (χ2n) is 7.40. The summed E-state index contributed by atoms with van der Waals surface area (Å²) in [6.07, 6.45) is 4.26. The van der Waals surface area contributed by atoms with Crippen molar-refractivity contribution >= 4 is 5.91 Å². The quantitative estimate of drug-likeness (QED) is 0.741. The Balaban J connectivity index is 1.48. The van der Waals surface area contributed by atoms with Crippen molar-refractivity contribution in [3.05, 3.63) is 71.7 Å². The Hall–Kier alpha value is -3.15. The lowest BCUT2D eigenvalue weighted by Gasteiger charge is -2.25. The number of aromatic nitrogens is 3. The van der Waals surface area contributed by atoms with E-state index >= 15 is 0 Å². The highest BCUT2D eigenvalue weighted by molar-refractivity contribution is 5.95. The number of amides is 1. The molecule has 0 radical (unpaired) electrons. The van der Waals surface area contributed by atoms with E-state index in [9.17, 15) is 4.79 Å². The molecule has 144 valence electrons. The lowest BCUT2D eigenvalue weighted by atomic mass is 9.96. The van der Waals surface area contributed by atoms with Crippen molar-refractivity contribution in [3.8, 4) is 11.6 Å². The Morgan fingerprint density at radius 2 is 2.07 bits per heavy atom. The Kier molecular flexibility index (Phi) is 5.10. The van der Waals surface area contributed by atoms with Gasteiger partial charge in [-0.2, -0.15) is 5.10 Å². The Labute approximate surface area is 164 Å². The molecular formula is C22H24N4O2. The minimum atomic E-state index is -0.107. The Morgan fingerprint density at radius 1 is 1.25 bits per heavy atom. The number of ether oxygens (including phenoxy) is 1. The normalized spacial score (nSPS) is 15.8. The number of fused-ring (bicyclic) bond motifs is 1. The van der Waals surface area contributed by atoms with Gasteiger partial charge in [0.15, 0.2) is 5.82 Å². The molecule has 1 aromatic carbocycles. The zero-order chi connectivity index (χ0) is 19.5. The smallest absolute Gasteiger partial charge is 0.254 e. The van der Waals surface area contributed by atoms with Crippen LogP contribution in [-0.4, -0.2) is 33.8 Å². The van der Waals surface area contributed by atoms with E-state index in [2.05, 4.69) is 35.3 Å². The molecule has 1 atom stereocenters. The molecule has 28 heavy (non-hydrogen) atoms. The molecule has 0 saturated heterocycles. The summed E-state index contributed by atoms with van der Waals surface area (Å²) in [5, 5.41) is 7.49. The van der Waals surface area contributed by atoms with E-state index in [4.69, 9.17) is 4.74 Å². The first-order valence-electron chi connectivity index (χ1n) is 9.61. The SMILES string of the molecule is CC(C)c1c(C(=O)NC[C@H]2COc3ccccc3C2)cnn1-c1ccccn1. The number of rotatable bonds is 5. The third-order valence-corrected chi connectivity index (χ3v) is 4.97. The standard InChI is InChI=1S/C22H24N4O2/c1-15(2)21-18(13-25-26(21)20-9-5-6-10-23-20)22(27)24-12-16-11-17-7-3-4-8-19(17)28-14-16/h3-10,13,15-16H,11-12,14H2,1-2H3,(H,24,27)/t16-/m0/s1. The third kappa shape index (κ3) is 3.63. The van der Waals surface area contributed by atoms with Crippen molar-refractivity contribution in [1.29, 1.82) is 0 Å². The molecule has 0 aliphatic carbocycles. The molecule has 1 aliphatic heterocycles. The molecular weight excluding hydrogens is 352 g/mol. The van der Waals surface area contributed by atoms with Gasteiger partial charge in [0.2, 0.25) is 0 Å². The monoisotopic (exact) mass is 376 g/mol. The minimum absolute atomic E-state index is 0.107.